The summed E-state index contributed by atoms with van der Waals surface area (Å²) >= 11 is 0. The molecule has 396 valence electrons. The number of hydrogen-bond acceptors (Lipinski definition) is 13. The number of aliphatic hydroxyl groups excluding tert-OH is 1. The molecule has 8 N–H and O–H groups in total. The highest BCUT2D eigenvalue weighted by molar-refractivity contribution is 5.95. The van der Waals surface area contributed by atoms with Gasteiger partial charge in [-0.05, 0) is 92.3 Å². The number of alkyl halides is 6. The highest BCUT2D eigenvalue weighted by Crippen LogP contribution is 2.34. The molecule has 4 aromatic carbocycles. The van der Waals surface area contributed by atoms with Gasteiger partial charge in [-0.25, -0.2) is 18.8 Å². The summed E-state index contributed by atoms with van der Waals surface area (Å²) in [6.45, 7) is 5.74. The molecule has 5 aromatic rings. The average molecular weight is 1040 g/mol. The molecule has 17 nitrogen and oxygen atoms in total. The third kappa shape index (κ3) is 16.6. The maximum Gasteiger partial charge on any atom is 0.490 e. The number of methoxy groups -OCH3 is 1. The van der Waals surface area contributed by atoms with Crippen molar-refractivity contribution in [3.63, 3.8) is 0 Å². The Hall–Kier alpha value is -7.28. The second-order valence-electron chi connectivity index (χ2n) is 16.2. The number of rotatable bonds is 18. The van der Waals surface area contributed by atoms with E-state index >= 15 is 4.39 Å². The zero-order valence-corrected chi connectivity index (χ0v) is 39.2. The maximum atomic E-state index is 15.3. The van der Waals surface area contributed by atoms with Crippen LogP contribution < -0.4 is 25.7 Å². The number of piperidine rings is 1. The molecule has 2 atom stereocenters. The molecule has 0 saturated carbocycles. The summed E-state index contributed by atoms with van der Waals surface area (Å²) in [6.07, 6.45) is -8.98. The summed E-state index contributed by atoms with van der Waals surface area (Å²) in [7, 11) is 1.41. The number of esters is 1. The molecule has 0 unspecified atom stereocenters. The molecule has 0 bridgehead atoms. The van der Waals surface area contributed by atoms with Gasteiger partial charge in [0.15, 0.2) is 0 Å². The fourth-order valence-corrected chi connectivity index (χ4v) is 7.32. The predicted molar refractivity (Wildman–Crippen MR) is 247 cm³/mol. The van der Waals surface area contributed by atoms with E-state index in [0.29, 0.717) is 39.8 Å². The number of nitrogens with one attached hydrogen (secondary N) is 3. The molecule has 1 fully saturated rings. The molecule has 6 rings (SSSR count). The van der Waals surface area contributed by atoms with Crippen molar-refractivity contribution < 1.29 is 89.7 Å². The number of aliphatic carboxylic acids is 2. The fraction of sp³-hybridized carbons (Fsp3) is 0.367. The summed E-state index contributed by atoms with van der Waals surface area (Å²) in [5.41, 5.74) is -0.880. The van der Waals surface area contributed by atoms with Gasteiger partial charge in [0.2, 0.25) is 11.2 Å². The number of aromatic amines is 1. The number of phenols is 1. The second-order valence-corrected chi connectivity index (χ2v) is 16.2. The first-order chi connectivity index (χ1) is 34.4. The molecule has 1 aliphatic rings. The minimum absolute atomic E-state index is 0.0532. The number of pyridine rings is 1. The van der Waals surface area contributed by atoms with E-state index in [-0.39, 0.29) is 66.9 Å². The van der Waals surface area contributed by atoms with Gasteiger partial charge in [-0.2, -0.15) is 26.3 Å². The van der Waals surface area contributed by atoms with Crippen molar-refractivity contribution >= 4 is 34.7 Å². The van der Waals surface area contributed by atoms with E-state index in [1.165, 1.54) is 37.4 Å². The number of carboxylic acids is 2. The summed E-state index contributed by atoms with van der Waals surface area (Å²) in [6, 6.07) is 23.6. The van der Waals surface area contributed by atoms with E-state index in [2.05, 4.69) is 27.4 Å². The van der Waals surface area contributed by atoms with Gasteiger partial charge in [-0.15, -0.1) is 0 Å². The number of aliphatic hydroxyl groups is 2. The number of hydrogen-bond donors (Lipinski definition) is 8. The van der Waals surface area contributed by atoms with Gasteiger partial charge in [0, 0.05) is 42.2 Å². The van der Waals surface area contributed by atoms with Crippen LogP contribution in [0.4, 0.5) is 30.7 Å². The Morgan fingerprint density at radius 1 is 0.863 bits per heavy atom. The Balaban J connectivity index is 0.000000722. The number of aromatic nitrogens is 1. The quantitative estimate of drug-likeness (QED) is 0.0277. The van der Waals surface area contributed by atoms with Crippen LogP contribution >= 0.6 is 0 Å². The monoisotopic (exact) mass is 1040 g/mol. The highest BCUT2D eigenvalue weighted by atomic mass is 19.4. The highest BCUT2D eigenvalue weighted by Gasteiger charge is 2.43. The summed E-state index contributed by atoms with van der Waals surface area (Å²) < 4.78 is 95.9. The van der Waals surface area contributed by atoms with Crippen LogP contribution in [0.3, 0.4) is 0 Å². The summed E-state index contributed by atoms with van der Waals surface area (Å²) in [5.74, 6) is -6.89. The van der Waals surface area contributed by atoms with Gasteiger partial charge in [0.05, 0.1) is 37.5 Å². The van der Waals surface area contributed by atoms with Gasteiger partial charge in [0.25, 0.3) is 5.91 Å². The van der Waals surface area contributed by atoms with Crippen molar-refractivity contribution in [3.8, 4) is 17.2 Å². The minimum Gasteiger partial charge on any atom is -0.506 e. The molecular formula is C49H53F7N4O13. The largest absolute Gasteiger partial charge is 0.506 e. The number of amides is 1. The minimum atomic E-state index is -5.08. The molecule has 0 aliphatic carbocycles. The number of H-pyrrole nitrogens is 1. The van der Waals surface area contributed by atoms with Crippen LogP contribution in [0.1, 0.15) is 64.9 Å². The average Bonchev–Trinajstić information content (AvgIpc) is 3.35. The fourth-order valence-electron chi connectivity index (χ4n) is 7.32. The number of likely N-dealkylation sites (tertiary alicyclic amines) is 1. The lowest BCUT2D eigenvalue weighted by atomic mass is 9.86. The van der Waals surface area contributed by atoms with Gasteiger partial charge in [-0.3, -0.25) is 9.59 Å². The van der Waals surface area contributed by atoms with Gasteiger partial charge >= 0.3 is 30.3 Å². The van der Waals surface area contributed by atoms with Crippen molar-refractivity contribution in [3.05, 3.63) is 135 Å². The van der Waals surface area contributed by atoms with E-state index in [0.717, 1.165) is 32.5 Å². The Labute approximate surface area is 412 Å². The van der Waals surface area contributed by atoms with Crippen LogP contribution in [-0.4, -0.2) is 125 Å². The topological polar surface area (TPSA) is 257 Å². The molecule has 1 saturated heterocycles. The zero-order valence-electron chi connectivity index (χ0n) is 39.2. The van der Waals surface area contributed by atoms with Crippen molar-refractivity contribution in [2.45, 2.75) is 56.8 Å². The lowest BCUT2D eigenvalue weighted by Gasteiger charge is -2.32. The number of ether oxygens (including phenoxy) is 3. The lowest BCUT2D eigenvalue weighted by molar-refractivity contribution is -0.193. The van der Waals surface area contributed by atoms with E-state index in [9.17, 15) is 56.0 Å². The van der Waals surface area contributed by atoms with Crippen LogP contribution in [0.25, 0.3) is 10.9 Å². The molecule has 1 aliphatic heterocycles. The van der Waals surface area contributed by atoms with Gasteiger partial charge in [0.1, 0.15) is 23.1 Å². The summed E-state index contributed by atoms with van der Waals surface area (Å²) in [5, 5.41) is 53.5. The molecule has 1 aromatic heterocycles. The molecule has 1 amide bonds. The number of carbonyl (C=O) groups is 4. The van der Waals surface area contributed by atoms with Crippen molar-refractivity contribution in [1.29, 1.82) is 0 Å². The Kier molecular flexibility index (Phi) is 21.1. The molecule has 0 spiro atoms. The van der Waals surface area contributed by atoms with E-state index in [1.54, 1.807) is 60.7 Å². The number of phenolic OH excluding ortho intramolecular Hbond substituents is 1. The first kappa shape index (κ1) is 58.3. The van der Waals surface area contributed by atoms with Gasteiger partial charge in [-0.1, -0.05) is 55.5 Å². The summed E-state index contributed by atoms with van der Waals surface area (Å²) in [4.78, 5) is 61.1. The normalized spacial score (nSPS) is 14.3. The Bertz CT molecular complexity index is 2690. The van der Waals surface area contributed by atoms with Crippen LogP contribution in [0, 0.1) is 11.7 Å². The number of fused-ring (bicyclic) bond motifs is 1. The molecular weight excluding hydrogens is 986 g/mol. The van der Waals surface area contributed by atoms with E-state index in [4.69, 9.17) is 34.0 Å². The Morgan fingerprint density at radius 3 is 2.10 bits per heavy atom. The standard InChI is InChI=1S/C45H51FN4O9.2C2HF3O2/c1-3-50-20-17-29(18-21-50)28-59-44(55)45(56,31-9-5-4-6-10-31)32-11-7-12-33(24-32)58-22-8-19-48-43(54)36-25-40(57-2)30(23-37(36)46)26-47-27-39(52)34-13-15-38(51)42-35(34)14-16-41(53)49-42;2*3-2(4,5)1(6)7/h4-7,9-16,23-25,29,39,47,51-52,56H,3,8,17-22,26-28H2,1-2H3,(H,48,54)(H,49,53);2*(H,6,7)/t39-,45-;;/m0../s1. The predicted octanol–water partition coefficient (Wildman–Crippen LogP) is 6.18. The van der Waals surface area contributed by atoms with E-state index < -0.39 is 53.7 Å². The first-order valence-corrected chi connectivity index (χ1v) is 22.3. The zero-order chi connectivity index (χ0) is 54.1. The van der Waals surface area contributed by atoms with Gasteiger partial charge < -0.3 is 60.3 Å². The number of benzene rings is 4. The number of carboxylic acid groups (broad SMARTS) is 2. The second kappa shape index (κ2) is 26.4. The van der Waals surface area contributed by atoms with Crippen LogP contribution in [0.15, 0.2) is 95.8 Å². The smallest absolute Gasteiger partial charge is 0.490 e. The number of carbonyl (C=O) groups excluding carboxylic acids is 2. The maximum absolute atomic E-state index is 15.3. The molecule has 0 radical (unpaired) electrons. The number of aromatic hydroxyl groups is 1. The van der Waals surface area contributed by atoms with Crippen LogP contribution in [-0.2, 0) is 31.3 Å². The number of nitrogens with zero attached hydrogens (tertiary/aromatic N) is 1. The van der Waals surface area contributed by atoms with E-state index in [1.807, 2.05) is 0 Å². The molecule has 2 heterocycles. The van der Waals surface area contributed by atoms with Crippen LogP contribution in [0.2, 0.25) is 0 Å². The van der Waals surface area contributed by atoms with Crippen molar-refractivity contribution in [2.24, 2.45) is 5.92 Å². The van der Waals surface area contributed by atoms with Crippen molar-refractivity contribution in [2.75, 3.05) is 53.0 Å². The first-order valence-electron chi connectivity index (χ1n) is 22.3. The van der Waals surface area contributed by atoms with Crippen LogP contribution in [0.5, 0.6) is 17.2 Å². The van der Waals surface area contributed by atoms with Crippen molar-refractivity contribution in [1.82, 2.24) is 20.5 Å². The third-order valence-corrected chi connectivity index (χ3v) is 11.2. The SMILES string of the molecule is CCN1CCC(COC(=O)[C@](O)(c2ccccc2)c2cccc(OCCCNC(=O)c3cc(OC)c(CNC[C@H](O)c4ccc(O)c5[nH]c(=O)ccc45)cc3F)c2)CC1.O=C(O)C(F)(F)F.O=C(O)C(F)(F)F. The molecule has 73 heavy (non-hydrogen) atoms. The number of halogens is 7. The molecule has 24 heteroatoms. The Morgan fingerprint density at radius 2 is 1.49 bits per heavy atom. The third-order valence-electron chi connectivity index (χ3n) is 11.2. The lowest BCUT2D eigenvalue weighted by Crippen LogP contribution is -2.40.